The zero-order chi connectivity index (χ0) is 14.4. The molecule has 112 valence electrons. The lowest BCUT2D eigenvalue weighted by Gasteiger charge is -2.11. The molecule has 0 radical (unpaired) electrons. The van der Waals surface area contributed by atoms with Crippen molar-refractivity contribution in [1.29, 1.82) is 0 Å². The van der Waals surface area contributed by atoms with Crippen molar-refractivity contribution >= 4 is 5.91 Å². The molecule has 0 saturated heterocycles. The van der Waals surface area contributed by atoms with Gasteiger partial charge in [-0.1, -0.05) is 5.21 Å². The van der Waals surface area contributed by atoms with Gasteiger partial charge in [0, 0.05) is 32.8 Å². The van der Waals surface area contributed by atoms with Crippen LogP contribution in [0.3, 0.4) is 0 Å². The van der Waals surface area contributed by atoms with Crippen LogP contribution < -0.4 is 10.6 Å². The first-order valence-corrected chi connectivity index (χ1v) is 7.11. The molecule has 1 atom stereocenters. The molecule has 2 rings (SSSR count). The number of nitrogens with one attached hydrogen (secondary N) is 2. The molecular weight excluding hydrogens is 258 g/mol. The fourth-order valence-electron chi connectivity index (χ4n) is 1.82. The van der Waals surface area contributed by atoms with Crippen LogP contribution in [-0.2, 0) is 16.1 Å². The van der Waals surface area contributed by atoms with Crippen molar-refractivity contribution in [3.8, 4) is 0 Å². The third kappa shape index (κ3) is 4.57. The van der Waals surface area contributed by atoms with Crippen LogP contribution >= 0.6 is 0 Å². The summed E-state index contributed by atoms with van der Waals surface area (Å²) < 4.78 is 6.54. The van der Waals surface area contributed by atoms with E-state index < -0.39 is 0 Å². The number of aromatic nitrogens is 3. The average Bonchev–Trinajstić information content (AvgIpc) is 3.17. The van der Waals surface area contributed by atoms with Crippen molar-refractivity contribution in [2.24, 2.45) is 0 Å². The number of carbonyl (C=O) groups is 1. The lowest BCUT2D eigenvalue weighted by atomic mass is 10.3. The van der Waals surface area contributed by atoms with E-state index in [1.807, 2.05) is 13.1 Å². The number of amides is 1. The van der Waals surface area contributed by atoms with Gasteiger partial charge >= 0.3 is 0 Å². The number of hydrogen-bond acceptors (Lipinski definition) is 5. The van der Waals surface area contributed by atoms with Gasteiger partial charge in [0.2, 0.25) is 5.91 Å². The van der Waals surface area contributed by atoms with Crippen molar-refractivity contribution in [2.45, 2.75) is 44.8 Å². The summed E-state index contributed by atoms with van der Waals surface area (Å²) in [6.45, 7) is 3.79. The minimum absolute atomic E-state index is 0.0484. The number of ether oxygens (including phenoxy) is 1. The minimum atomic E-state index is -0.347. The summed E-state index contributed by atoms with van der Waals surface area (Å²) in [6.07, 6.45) is 5.13. The maximum Gasteiger partial charge on any atom is 0.244 e. The van der Waals surface area contributed by atoms with Crippen molar-refractivity contribution in [3.05, 3.63) is 11.9 Å². The molecule has 1 saturated carbocycles. The zero-order valence-corrected chi connectivity index (χ0v) is 12.1. The van der Waals surface area contributed by atoms with E-state index in [1.165, 1.54) is 12.8 Å². The van der Waals surface area contributed by atoms with Crippen LogP contribution in [0.1, 0.15) is 37.9 Å². The summed E-state index contributed by atoms with van der Waals surface area (Å²) in [4.78, 5) is 11.9. The van der Waals surface area contributed by atoms with E-state index in [-0.39, 0.29) is 11.9 Å². The second-order valence-electron chi connectivity index (χ2n) is 5.16. The quantitative estimate of drug-likeness (QED) is 0.634. The Labute approximate surface area is 119 Å². The zero-order valence-electron chi connectivity index (χ0n) is 12.1. The topological polar surface area (TPSA) is 81.1 Å². The number of methoxy groups -OCH3 is 1. The van der Waals surface area contributed by atoms with Gasteiger partial charge in [-0.15, -0.1) is 5.10 Å². The Bertz CT molecular complexity index is 430. The lowest BCUT2D eigenvalue weighted by molar-refractivity contribution is -0.124. The molecule has 7 nitrogen and oxygen atoms in total. The second kappa shape index (κ2) is 7.35. The molecule has 1 aromatic rings. The van der Waals surface area contributed by atoms with Crippen LogP contribution in [0.2, 0.25) is 0 Å². The summed E-state index contributed by atoms with van der Waals surface area (Å²) >= 11 is 0. The van der Waals surface area contributed by atoms with E-state index in [4.69, 9.17) is 4.74 Å². The minimum Gasteiger partial charge on any atom is -0.385 e. The molecular formula is C13H23N5O2. The first kappa shape index (κ1) is 14.9. The van der Waals surface area contributed by atoms with E-state index in [0.29, 0.717) is 25.7 Å². The highest BCUT2D eigenvalue weighted by atomic mass is 16.5. The van der Waals surface area contributed by atoms with E-state index in [1.54, 1.807) is 11.8 Å². The molecule has 20 heavy (non-hydrogen) atoms. The Morgan fingerprint density at radius 2 is 2.40 bits per heavy atom. The standard InChI is InChI=1S/C13H23N5O2/c1-10(13(19)14-6-3-7-20-2)18-9-12(16-17-18)8-15-11-4-5-11/h9-11,15H,3-8H2,1-2H3,(H,14,19). The number of nitrogens with zero attached hydrogens (tertiary/aromatic N) is 3. The molecule has 0 aromatic carbocycles. The smallest absolute Gasteiger partial charge is 0.244 e. The summed E-state index contributed by atoms with van der Waals surface area (Å²) in [5, 5.41) is 14.3. The number of hydrogen-bond donors (Lipinski definition) is 2. The van der Waals surface area contributed by atoms with Crippen molar-refractivity contribution < 1.29 is 9.53 Å². The number of rotatable bonds is 9. The molecule has 1 heterocycles. The predicted molar refractivity (Wildman–Crippen MR) is 74.1 cm³/mol. The molecule has 0 bridgehead atoms. The Balaban J connectivity index is 1.75. The Hall–Kier alpha value is -1.47. The molecule has 7 heteroatoms. The van der Waals surface area contributed by atoms with Crippen molar-refractivity contribution in [3.63, 3.8) is 0 Å². The van der Waals surface area contributed by atoms with Crippen LogP contribution in [0.5, 0.6) is 0 Å². The van der Waals surface area contributed by atoms with E-state index in [0.717, 1.165) is 12.1 Å². The van der Waals surface area contributed by atoms with Gasteiger partial charge < -0.3 is 15.4 Å². The first-order valence-electron chi connectivity index (χ1n) is 7.11. The second-order valence-corrected chi connectivity index (χ2v) is 5.16. The van der Waals surface area contributed by atoms with Crippen LogP contribution in [-0.4, -0.2) is 47.2 Å². The monoisotopic (exact) mass is 281 g/mol. The van der Waals surface area contributed by atoms with Crippen LogP contribution in [0.25, 0.3) is 0 Å². The molecule has 1 aromatic heterocycles. The summed E-state index contributed by atoms with van der Waals surface area (Å²) in [6, 6.07) is 0.293. The van der Waals surface area contributed by atoms with Gasteiger partial charge in [0.1, 0.15) is 6.04 Å². The van der Waals surface area contributed by atoms with E-state index in [2.05, 4.69) is 20.9 Å². The highest BCUT2D eigenvalue weighted by molar-refractivity contribution is 5.79. The third-order valence-electron chi connectivity index (χ3n) is 3.31. The van der Waals surface area contributed by atoms with Crippen molar-refractivity contribution in [1.82, 2.24) is 25.6 Å². The highest BCUT2D eigenvalue weighted by Crippen LogP contribution is 2.19. The summed E-state index contributed by atoms with van der Waals surface area (Å²) in [7, 11) is 1.65. The lowest BCUT2D eigenvalue weighted by Crippen LogP contribution is -2.32. The van der Waals surface area contributed by atoms with E-state index in [9.17, 15) is 4.79 Å². The average molecular weight is 281 g/mol. The van der Waals surface area contributed by atoms with Gasteiger partial charge in [0.05, 0.1) is 11.9 Å². The largest absolute Gasteiger partial charge is 0.385 e. The Morgan fingerprint density at radius 3 is 3.10 bits per heavy atom. The molecule has 1 aliphatic rings. The summed E-state index contributed by atoms with van der Waals surface area (Å²) in [5.74, 6) is -0.0484. The van der Waals surface area contributed by atoms with Gasteiger partial charge in [-0.05, 0) is 26.2 Å². The molecule has 1 amide bonds. The number of carbonyl (C=O) groups excluding carboxylic acids is 1. The Morgan fingerprint density at radius 1 is 1.60 bits per heavy atom. The van der Waals surface area contributed by atoms with Gasteiger partial charge in [-0.25, -0.2) is 4.68 Å². The Kier molecular flexibility index (Phi) is 5.49. The first-order chi connectivity index (χ1) is 9.70. The molecule has 1 aliphatic carbocycles. The fraction of sp³-hybridized carbons (Fsp3) is 0.769. The molecule has 2 N–H and O–H groups in total. The van der Waals surface area contributed by atoms with E-state index >= 15 is 0 Å². The van der Waals surface area contributed by atoms with Gasteiger partial charge in [-0.2, -0.15) is 0 Å². The third-order valence-corrected chi connectivity index (χ3v) is 3.31. The van der Waals surface area contributed by atoms with Crippen LogP contribution in [0.4, 0.5) is 0 Å². The fourth-order valence-corrected chi connectivity index (χ4v) is 1.82. The molecule has 1 unspecified atom stereocenters. The van der Waals surface area contributed by atoms with Gasteiger partial charge in [-0.3, -0.25) is 4.79 Å². The normalized spacial score (nSPS) is 16.1. The maximum absolute atomic E-state index is 11.9. The highest BCUT2D eigenvalue weighted by Gasteiger charge is 2.21. The maximum atomic E-state index is 11.9. The van der Waals surface area contributed by atoms with Gasteiger partial charge in [0.15, 0.2) is 0 Å². The predicted octanol–water partition coefficient (Wildman–Crippen LogP) is 0.244. The molecule has 0 aliphatic heterocycles. The van der Waals surface area contributed by atoms with Crippen molar-refractivity contribution in [2.75, 3.05) is 20.3 Å². The summed E-state index contributed by atoms with van der Waals surface area (Å²) in [5.41, 5.74) is 0.871. The molecule has 1 fully saturated rings. The van der Waals surface area contributed by atoms with Crippen LogP contribution in [0.15, 0.2) is 6.20 Å². The molecule has 0 spiro atoms. The van der Waals surface area contributed by atoms with Gasteiger partial charge in [0.25, 0.3) is 0 Å². The SMILES string of the molecule is COCCCNC(=O)C(C)n1cc(CNC2CC2)nn1. The van der Waals surface area contributed by atoms with Crippen LogP contribution in [0, 0.1) is 0 Å².